The zero-order valence-electron chi connectivity index (χ0n) is 11.4. The van der Waals surface area contributed by atoms with E-state index in [4.69, 9.17) is 5.73 Å². The Morgan fingerprint density at radius 2 is 2.11 bits per heavy atom. The first-order chi connectivity index (χ1) is 8.76. The van der Waals surface area contributed by atoms with E-state index in [1.807, 2.05) is 0 Å². The molecule has 2 aliphatic rings. The molecule has 1 fully saturated rings. The Morgan fingerprint density at radius 1 is 1.33 bits per heavy atom. The van der Waals surface area contributed by atoms with Crippen LogP contribution >= 0.6 is 0 Å². The van der Waals surface area contributed by atoms with Gasteiger partial charge in [-0.3, -0.25) is 4.90 Å². The van der Waals surface area contributed by atoms with Crippen molar-refractivity contribution in [1.29, 1.82) is 0 Å². The second-order valence-electron chi connectivity index (χ2n) is 6.04. The Bertz CT molecular complexity index is 429. The van der Waals surface area contributed by atoms with Crippen LogP contribution in [0.15, 0.2) is 24.3 Å². The summed E-state index contributed by atoms with van der Waals surface area (Å²) in [6.07, 6.45) is 5.16. The van der Waals surface area contributed by atoms with E-state index in [2.05, 4.69) is 36.1 Å². The lowest BCUT2D eigenvalue weighted by Gasteiger charge is -2.46. The first kappa shape index (κ1) is 12.2. The molecule has 0 radical (unpaired) electrons. The fourth-order valence-electron chi connectivity index (χ4n) is 4.01. The van der Waals surface area contributed by atoms with Crippen molar-refractivity contribution < 1.29 is 0 Å². The molecule has 0 amide bonds. The molecule has 1 heterocycles. The van der Waals surface area contributed by atoms with E-state index < -0.39 is 0 Å². The van der Waals surface area contributed by atoms with Gasteiger partial charge >= 0.3 is 0 Å². The number of nitrogens with zero attached hydrogens (tertiary/aromatic N) is 1. The van der Waals surface area contributed by atoms with Crippen molar-refractivity contribution in [1.82, 2.24) is 4.90 Å². The van der Waals surface area contributed by atoms with Gasteiger partial charge in [-0.15, -0.1) is 0 Å². The molecule has 2 atom stereocenters. The van der Waals surface area contributed by atoms with E-state index in [0.717, 1.165) is 19.0 Å². The first-order valence-corrected chi connectivity index (χ1v) is 7.28. The summed E-state index contributed by atoms with van der Waals surface area (Å²) < 4.78 is 0. The molecule has 18 heavy (non-hydrogen) atoms. The molecule has 1 aromatic carbocycles. The highest BCUT2D eigenvalue weighted by atomic mass is 15.2. The maximum Gasteiger partial charge on any atom is 0.0360 e. The van der Waals surface area contributed by atoms with E-state index in [0.29, 0.717) is 0 Å². The minimum Gasteiger partial charge on any atom is -0.329 e. The Labute approximate surface area is 110 Å². The molecule has 1 saturated carbocycles. The fraction of sp³-hybridized carbons (Fsp3) is 0.625. The number of fused-ring (bicyclic) bond motifs is 1. The zero-order chi connectivity index (χ0) is 12.6. The van der Waals surface area contributed by atoms with E-state index in [1.165, 1.54) is 43.4 Å². The minimum atomic E-state index is 0.271. The predicted molar refractivity (Wildman–Crippen MR) is 75.4 cm³/mol. The summed E-state index contributed by atoms with van der Waals surface area (Å²) in [4.78, 5) is 2.67. The highest BCUT2D eigenvalue weighted by Gasteiger charge is 2.44. The second-order valence-corrected chi connectivity index (χ2v) is 6.04. The molecule has 3 rings (SSSR count). The predicted octanol–water partition coefficient (Wildman–Crippen LogP) is 2.56. The van der Waals surface area contributed by atoms with E-state index in [1.54, 1.807) is 0 Å². The van der Waals surface area contributed by atoms with Crippen molar-refractivity contribution in [3.8, 4) is 0 Å². The first-order valence-electron chi connectivity index (χ1n) is 7.28. The third-order valence-electron chi connectivity index (χ3n) is 5.28. The zero-order valence-corrected chi connectivity index (χ0v) is 11.4. The lowest BCUT2D eigenvalue weighted by Crippen LogP contribution is -2.56. The molecule has 1 aromatic rings. The summed E-state index contributed by atoms with van der Waals surface area (Å²) in [5, 5.41) is 0. The van der Waals surface area contributed by atoms with Gasteiger partial charge in [0.1, 0.15) is 0 Å². The molecule has 0 aromatic heterocycles. The van der Waals surface area contributed by atoms with Gasteiger partial charge < -0.3 is 5.73 Å². The summed E-state index contributed by atoms with van der Waals surface area (Å²) >= 11 is 0. The van der Waals surface area contributed by atoms with Crippen LogP contribution in [0, 0.1) is 5.92 Å². The Hall–Kier alpha value is -0.860. The molecule has 2 N–H and O–H groups in total. The Morgan fingerprint density at radius 3 is 2.78 bits per heavy atom. The van der Waals surface area contributed by atoms with Crippen molar-refractivity contribution >= 4 is 0 Å². The van der Waals surface area contributed by atoms with E-state index in [-0.39, 0.29) is 5.54 Å². The lowest BCUT2D eigenvalue weighted by atomic mass is 9.84. The summed E-state index contributed by atoms with van der Waals surface area (Å²) in [5.41, 5.74) is 9.48. The van der Waals surface area contributed by atoms with Gasteiger partial charge in [0.15, 0.2) is 0 Å². The normalized spacial score (nSPS) is 32.4. The summed E-state index contributed by atoms with van der Waals surface area (Å²) in [7, 11) is 0. The maximum absolute atomic E-state index is 6.17. The van der Waals surface area contributed by atoms with Crippen molar-refractivity contribution in [2.75, 3.05) is 13.1 Å². The van der Waals surface area contributed by atoms with Gasteiger partial charge in [0, 0.05) is 25.2 Å². The Kier molecular flexibility index (Phi) is 3.16. The van der Waals surface area contributed by atoms with Crippen molar-refractivity contribution in [3.05, 3.63) is 35.4 Å². The third kappa shape index (κ3) is 1.79. The molecule has 0 spiro atoms. The van der Waals surface area contributed by atoms with Gasteiger partial charge in [0.05, 0.1) is 0 Å². The van der Waals surface area contributed by atoms with Crippen LogP contribution in [0.1, 0.15) is 37.3 Å². The van der Waals surface area contributed by atoms with Crippen LogP contribution in [0.5, 0.6) is 0 Å². The summed E-state index contributed by atoms with van der Waals surface area (Å²) in [6.45, 7) is 5.48. The summed E-state index contributed by atoms with van der Waals surface area (Å²) in [5.74, 6) is 0.743. The highest BCUT2D eigenvalue weighted by Crippen LogP contribution is 2.41. The van der Waals surface area contributed by atoms with Gasteiger partial charge in [-0.2, -0.15) is 0 Å². The molecule has 98 valence electrons. The molecular weight excluding hydrogens is 220 g/mol. The average Bonchev–Trinajstić information content (AvgIpc) is 2.80. The molecule has 0 saturated heterocycles. The van der Waals surface area contributed by atoms with Crippen LogP contribution < -0.4 is 5.73 Å². The van der Waals surface area contributed by atoms with Gasteiger partial charge in [0.2, 0.25) is 0 Å². The quantitative estimate of drug-likeness (QED) is 0.866. The number of hydrogen-bond acceptors (Lipinski definition) is 2. The van der Waals surface area contributed by atoms with E-state index in [9.17, 15) is 0 Å². The highest BCUT2D eigenvalue weighted by molar-refractivity contribution is 5.29. The average molecular weight is 244 g/mol. The SMILES string of the molecule is CC1CCCC1(CN)N1CCc2ccccc2C1. The fourth-order valence-corrected chi connectivity index (χ4v) is 4.01. The number of hydrogen-bond donors (Lipinski definition) is 1. The molecular formula is C16H24N2. The number of nitrogens with two attached hydrogens (primary N) is 1. The summed E-state index contributed by atoms with van der Waals surface area (Å²) in [6, 6.07) is 8.88. The van der Waals surface area contributed by atoms with Gasteiger partial charge in [0.25, 0.3) is 0 Å². The van der Waals surface area contributed by atoms with Crippen LogP contribution in [0.4, 0.5) is 0 Å². The largest absolute Gasteiger partial charge is 0.329 e. The number of benzene rings is 1. The molecule has 1 aliphatic carbocycles. The molecule has 1 aliphatic heterocycles. The lowest BCUT2D eigenvalue weighted by molar-refractivity contribution is 0.0508. The number of rotatable bonds is 2. The van der Waals surface area contributed by atoms with Gasteiger partial charge in [-0.25, -0.2) is 0 Å². The Balaban J connectivity index is 1.87. The van der Waals surface area contributed by atoms with Crippen molar-refractivity contribution in [2.24, 2.45) is 11.7 Å². The maximum atomic E-state index is 6.17. The van der Waals surface area contributed by atoms with Gasteiger partial charge in [-0.1, -0.05) is 37.6 Å². The van der Waals surface area contributed by atoms with Crippen LogP contribution in [-0.2, 0) is 13.0 Å². The van der Waals surface area contributed by atoms with Gasteiger partial charge in [-0.05, 0) is 36.3 Å². The van der Waals surface area contributed by atoms with Crippen LogP contribution in [-0.4, -0.2) is 23.5 Å². The van der Waals surface area contributed by atoms with E-state index >= 15 is 0 Å². The second kappa shape index (κ2) is 4.67. The molecule has 2 unspecified atom stereocenters. The molecule has 0 bridgehead atoms. The topological polar surface area (TPSA) is 29.3 Å². The standard InChI is InChI=1S/C16H24N2/c1-13-5-4-9-16(13,12-17)18-10-8-14-6-2-3-7-15(14)11-18/h2-3,6-7,13H,4-5,8-12,17H2,1H3. The molecule has 2 heteroatoms. The van der Waals surface area contributed by atoms with Crippen molar-refractivity contribution in [2.45, 2.75) is 44.7 Å². The third-order valence-corrected chi connectivity index (χ3v) is 5.28. The van der Waals surface area contributed by atoms with Crippen LogP contribution in [0.3, 0.4) is 0 Å². The van der Waals surface area contributed by atoms with Crippen LogP contribution in [0.25, 0.3) is 0 Å². The van der Waals surface area contributed by atoms with Crippen molar-refractivity contribution in [3.63, 3.8) is 0 Å². The monoisotopic (exact) mass is 244 g/mol. The minimum absolute atomic E-state index is 0.271. The van der Waals surface area contributed by atoms with Crippen LogP contribution in [0.2, 0.25) is 0 Å². The smallest absolute Gasteiger partial charge is 0.0360 e. The molecule has 2 nitrogen and oxygen atoms in total.